The van der Waals surface area contributed by atoms with Gasteiger partial charge in [-0.2, -0.15) is 0 Å². The predicted octanol–water partition coefficient (Wildman–Crippen LogP) is 13.1. The number of aromatic nitrogens is 4. The molecule has 7 aromatic carbocycles. The number of hydrogen-bond donors (Lipinski definition) is 0. The monoisotopic (exact) mass is 720 g/mol. The number of nitrogens with zero attached hydrogens (tertiary/aromatic N) is 4. The van der Waals surface area contributed by atoms with Crippen LogP contribution in [0.25, 0.3) is 94.7 Å². The molecule has 0 bridgehead atoms. The Balaban J connectivity index is 1.13. The van der Waals surface area contributed by atoms with Gasteiger partial charge in [-0.1, -0.05) is 122 Å². The first-order valence-electron chi connectivity index (χ1n) is 19.7. The molecule has 0 atom stereocenters. The lowest BCUT2D eigenvalue weighted by atomic mass is 9.68. The SMILES string of the molecule is c1ccc(-c2nc(-c3ccccc3)nc(-c3ccc4c(c3)c3cc5c(cc3n4-c3ccc4c(c3)oc3ccccc34)-c3ccccc3C53CCCCC3)n2)cc1. The van der Waals surface area contributed by atoms with Crippen molar-refractivity contribution in [2.75, 3.05) is 0 Å². The van der Waals surface area contributed by atoms with E-state index in [-0.39, 0.29) is 5.41 Å². The van der Waals surface area contributed by atoms with Crippen LogP contribution >= 0.6 is 0 Å². The molecule has 2 aliphatic rings. The van der Waals surface area contributed by atoms with Crippen molar-refractivity contribution in [3.63, 3.8) is 0 Å². The van der Waals surface area contributed by atoms with E-state index in [2.05, 4.69) is 114 Å². The molecule has 56 heavy (non-hydrogen) atoms. The Hall–Kier alpha value is -6.85. The molecule has 2 aliphatic carbocycles. The quantitative estimate of drug-likeness (QED) is 0.182. The van der Waals surface area contributed by atoms with Crippen LogP contribution in [0.2, 0.25) is 0 Å². The van der Waals surface area contributed by atoms with Crippen molar-refractivity contribution < 1.29 is 4.42 Å². The van der Waals surface area contributed by atoms with Crippen LogP contribution in [0.15, 0.2) is 162 Å². The third kappa shape index (κ3) is 4.64. The highest BCUT2D eigenvalue weighted by molar-refractivity contribution is 6.13. The van der Waals surface area contributed by atoms with E-state index in [1.807, 2.05) is 48.5 Å². The molecule has 10 aromatic rings. The van der Waals surface area contributed by atoms with Gasteiger partial charge in [-0.25, -0.2) is 15.0 Å². The highest BCUT2D eigenvalue weighted by Crippen LogP contribution is 2.57. The Morgan fingerprint density at radius 3 is 1.84 bits per heavy atom. The van der Waals surface area contributed by atoms with Crippen LogP contribution in [-0.4, -0.2) is 19.5 Å². The molecule has 5 heteroatoms. The zero-order chi connectivity index (χ0) is 36.8. The normalized spacial score (nSPS) is 14.6. The van der Waals surface area contributed by atoms with Gasteiger partial charge in [-0.05, 0) is 83.6 Å². The highest BCUT2D eigenvalue weighted by Gasteiger charge is 2.44. The highest BCUT2D eigenvalue weighted by atomic mass is 16.3. The zero-order valence-corrected chi connectivity index (χ0v) is 30.7. The minimum absolute atomic E-state index is 0.0426. The molecule has 12 rings (SSSR count). The molecule has 3 aromatic heterocycles. The van der Waals surface area contributed by atoms with Crippen molar-refractivity contribution in [1.29, 1.82) is 0 Å². The summed E-state index contributed by atoms with van der Waals surface area (Å²) in [6, 6.07) is 56.2. The van der Waals surface area contributed by atoms with Crippen molar-refractivity contribution in [2.24, 2.45) is 0 Å². The number of para-hydroxylation sites is 1. The molecule has 1 fully saturated rings. The summed E-state index contributed by atoms with van der Waals surface area (Å²) in [4.78, 5) is 15.2. The Bertz CT molecular complexity index is 3110. The van der Waals surface area contributed by atoms with Gasteiger partial charge in [0.25, 0.3) is 0 Å². The summed E-state index contributed by atoms with van der Waals surface area (Å²) in [7, 11) is 0. The lowest BCUT2D eigenvalue weighted by molar-refractivity contribution is 0.353. The van der Waals surface area contributed by atoms with E-state index in [4.69, 9.17) is 19.4 Å². The first-order valence-corrected chi connectivity index (χ1v) is 19.7. The van der Waals surface area contributed by atoms with Crippen LogP contribution in [0.1, 0.15) is 43.2 Å². The first kappa shape index (κ1) is 31.5. The lowest BCUT2D eigenvalue weighted by Gasteiger charge is -2.36. The average Bonchev–Trinajstić information content (AvgIpc) is 3.89. The van der Waals surface area contributed by atoms with Gasteiger partial charge in [0.15, 0.2) is 17.5 Å². The molecule has 0 amide bonds. The average molecular weight is 721 g/mol. The molecular weight excluding hydrogens is 685 g/mol. The number of furan rings is 1. The fourth-order valence-corrected chi connectivity index (χ4v) is 9.87. The lowest BCUT2D eigenvalue weighted by Crippen LogP contribution is -2.27. The van der Waals surface area contributed by atoms with E-state index in [9.17, 15) is 0 Å². The van der Waals surface area contributed by atoms with Crippen molar-refractivity contribution >= 4 is 43.7 Å². The second-order valence-electron chi connectivity index (χ2n) is 15.5. The molecule has 0 saturated heterocycles. The summed E-state index contributed by atoms with van der Waals surface area (Å²) in [5.74, 6) is 1.97. The minimum Gasteiger partial charge on any atom is -0.456 e. The van der Waals surface area contributed by atoms with Gasteiger partial charge in [-0.15, -0.1) is 0 Å². The van der Waals surface area contributed by atoms with E-state index in [1.54, 1.807) is 0 Å². The van der Waals surface area contributed by atoms with Crippen LogP contribution < -0.4 is 0 Å². The number of benzene rings is 7. The Morgan fingerprint density at radius 1 is 0.429 bits per heavy atom. The van der Waals surface area contributed by atoms with Crippen LogP contribution in [-0.2, 0) is 5.41 Å². The van der Waals surface area contributed by atoms with Gasteiger partial charge < -0.3 is 8.98 Å². The van der Waals surface area contributed by atoms with Gasteiger partial charge in [0.1, 0.15) is 11.2 Å². The van der Waals surface area contributed by atoms with E-state index in [1.165, 1.54) is 70.6 Å². The van der Waals surface area contributed by atoms with E-state index in [0.717, 1.165) is 49.8 Å². The van der Waals surface area contributed by atoms with Crippen LogP contribution in [0.5, 0.6) is 0 Å². The second-order valence-corrected chi connectivity index (χ2v) is 15.5. The van der Waals surface area contributed by atoms with Gasteiger partial charge in [0, 0.05) is 55.4 Å². The molecule has 266 valence electrons. The van der Waals surface area contributed by atoms with E-state index < -0.39 is 0 Å². The summed E-state index contributed by atoms with van der Waals surface area (Å²) in [6.45, 7) is 0. The maximum Gasteiger partial charge on any atom is 0.164 e. The summed E-state index contributed by atoms with van der Waals surface area (Å²) in [6.07, 6.45) is 6.18. The van der Waals surface area contributed by atoms with Crippen molar-refractivity contribution in [3.05, 3.63) is 169 Å². The molecule has 0 aliphatic heterocycles. The number of hydrogen-bond acceptors (Lipinski definition) is 4. The maximum atomic E-state index is 6.45. The van der Waals surface area contributed by atoms with Gasteiger partial charge in [0.05, 0.1) is 11.0 Å². The minimum atomic E-state index is 0.0426. The summed E-state index contributed by atoms with van der Waals surface area (Å²) < 4.78 is 8.87. The Labute approximate surface area is 323 Å². The smallest absolute Gasteiger partial charge is 0.164 e. The third-order valence-electron chi connectivity index (χ3n) is 12.4. The van der Waals surface area contributed by atoms with Crippen LogP contribution in [0.3, 0.4) is 0 Å². The molecule has 0 radical (unpaired) electrons. The van der Waals surface area contributed by atoms with Gasteiger partial charge in [-0.3, -0.25) is 0 Å². The van der Waals surface area contributed by atoms with Crippen LogP contribution in [0.4, 0.5) is 0 Å². The fourth-order valence-electron chi connectivity index (χ4n) is 9.87. The summed E-state index contributed by atoms with van der Waals surface area (Å²) in [5, 5.41) is 4.67. The molecule has 1 saturated carbocycles. The molecular formula is C51H36N4O. The molecule has 1 spiro atoms. The van der Waals surface area contributed by atoms with Gasteiger partial charge in [0.2, 0.25) is 0 Å². The van der Waals surface area contributed by atoms with E-state index >= 15 is 0 Å². The predicted molar refractivity (Wildman–Crippen MR) is 227 cm³/mol. The Kier molecular flexibility index (Phi) is 6.79. The van der Waals surface area contributed by atoms with E-state index in [0.29, 0.717) is 17.5 Å². The van der Waals surface area contributed by atoms with Crippen LogP contribution in [0, 0.1) is 0 Å². The Morgan fingerprint density at radius 2 is 1.07 bits per heavy atom. The third-order valence-corrected chi connectivity index (χ3v) is 12.4. The van der Waals surface area contributed by atoms with Crippen molar-refractivity contribution in [3.8, 4) is 51.0 Å². The summed E-state index contributed by atoms with van der Waals surface area (Å²) in [5.41, 5.74) is 13.8. The summed E-state index contributed by atoms with van der Waals surface area (Å²) >= 11 is 0. The number of fused-ring (bicyclic) bond motifs is 11. The van der Waals surface area contributed by atoms with Gasteiger partial charge >= 0.3 is 0 Å². The molecule has 0 unspecified atom stereocenters. The molecule has 0 N–H and O–H groups in total. The second kappa shape index (κ2) is 12.1. The molecule has 5 nitrogen and oxygen atoms in total. The maximum absolute atomic E-state index is 6.45. The largest absolute Gasteiger partial charge is 0.456 e. The topological polar surface area (TPSA) is 56.7 Å². The van der Waals surface area contributed by atoms with Crippen molar-refractivity contribution in [2.45, 2.75) is 37.5 Å². The zero-order valence-electron chi connectivity index (χ0n) is 30.7. The fraction of sp³-hybridized carbons (Fsp3) is 0.118. The number of rotatable bonds is 4. The molecule has 3 heterocycles. The first-order chi connectivity index (χ1) is 27.7. The standard InChI is InChI=1S/C51H36N4O/c1-4-14-32(15-5-1)48-52-49(33-16-6-2-7-17-33)54-50(53-48)34-22-25-44-40(28-34)41-30-43-39(36-18-8-10-20-42(36)51(43)26-12-3-13-27-51)31-45(41)55(44)35-23-24-38-37-19-9-11-21-46(37)56-47(38)29-35/h1-2,4-11,14-25,28-31H,3,12-13,26-27H2. The van der Waals surface area contributed by atoms with Crippen molar-refractivity contribution in [1.82, 2.24) is 19.5 Å².